The number of hydrogen-bond donors (Lipinski definition) is 0. The molecule has 25 heavy (non-hydrogen) atoms. The molecule has 0 atom stereocenters. The van der Waals surface area contributed by atoms with Gasteiger partial charge >= 0.3 is 0 Å². The fourth-order valence-electron chi connectivity index (χ4n) is 2.94. The van der Waals surface area contributed by atoms with E-state index in [1.807, 2.05) is 30.3 Å². The first-order chi connectivity index (χ1) is 12.2. The van der Waals surface area contributed by atoms with Gasteiger partial charge in [0.1, 0.15) is 0 Å². The molecule has 0 radical (unpaired) electrons. The summed E-state index contributed by atoms with van der Waals surface area (Å²) in [5.74, 6) is 5.60. The molecule has 4 rings (SSSR count). The van der Waals surface area contributed by atoms with E-state index < -0.39 is 0 Å². The number of carbonyl (C=O) groups is 2. The van der Waals surface area contributed by atoms with Crippen LogP contribution in [0.4, 0.5) is 0 Å². The zero-order valence-electron chi connectivity index (χ0n) is 13.0. The molecule has 0 N–H and O–H groups in total. The Morgan fingerprint density at radius 2 is 1.28 bits per heavy atom. The second-order valence-corrected chi connectivity index (χ2v) is 6.07. The number of hydrogen-bond acceptors (Lipinski definition) is 2. The highest BCUT2D eigenvalue weighted by molar-refractivity contribution is 6.35. The van der Waals surface area contributed by atoms with Gasteiger partial charge in [-0.1, -0.05) is 65.9 Å². The lowest BCUT2D eigenvalue weighted by atomic mass is 9.82. The van der Waals surface area contributed by atoms with Gasteiger partial charge in [0.05, 0.1) is 16.1 Å². The number of ketones is 2. The predicted molar refractivity (Wildman–Crippen MR) is 97.2 cm³/mol. The van der Waals surface area contributed by atoms with E-state index in [9.17, 15) is 9.59 Å². The Balaban J connectivity index is 1.93. The van der Waals surface area contributed by atoms with Crippen molar-refractivity contribution in [2.24, 2.45) is 0 Å². The molecule has 3 heteroatoms. The van der Waals surface area contributed by atoms with E-state index in [0.29, 0.717) is 32.8 Å². The third-order valence-corrected chi connectivity index (χ3v) is 4.46. The molecule has 0 aliphatic heterocycles. The molecule has 1 aliphatic carbocycles. The minimum Gasteiger partial charge on any atom is -0.289 e. The lowest BCUT2D eigenvalue weighted by Crippen LogP contribution is -2.22. The summed E-state index contributed by atoms with van der Waals surface area (Å²) in [6.07, 6.45) is 0. The maximum atomic E-state index is 13.0. The third-order valence-electron chi connectivity index (χ3n) is 4.15. The molecule has 0 fully saturated rings. The van der Waals surface area contributed by atoms with Crippen molar-refractivity contribution in [3.05, 3.63) is 105 Å². The maximum absolute atomic E-state index is 13.0. The lowest BCUT2D eigenvalue weighted by Gasteiger charge is -2.19. The molecule has 0 unspecified atom stereocenters. The Kier molecular flexibility index (Phi) is 3.72. The SMILES string of the molecule is O=C1c2ccccc2C(=O)c2c1ccc(Cl)c2C#Cc1ccccc1. The van der Waals surface area contributed by atoms with E-state index in [4.69, 9.17) is 11.6 Å². The van der Waals surface area contributed by atoms with Gasteiger partial charge in [-0.2, -0.15) is 0 Å². The van der Waals surface area contributed by atoms with Crippen LogP contribution in [0.5, 0.6) is 0 Å². The summed E-state index contributed by atoms with van der Waals surface area (Å²) in [6, 6.07) is 19.5. The second kappa shape index (κ2) is 6.05. The molecule has 0 aromatic heterocycles. The van der Waals surface area contributed by atoms with E-state index in [0.717, 1.165) is 5.56 Å². The number of carbonyl (C=O) groups excluding carboxylic acids is 2. The van der Waals surface area contributed by atoms with Crippen LogP contribution in [0.15, 0.2) is 66.7 Å². The molecule has 0 heterocycles. The Hall–Kier alpha value is -3.15. The topological polar surface area (TPSA) is 34.1 Å². The highest BCUT2D eigenvalue weighted by Crippen LogP contribution is 2.32. The summed E-state index contributed by atoms with van der Waals surface area (Å²) in [5, 5.41) is 0.364. The summed E-state index contributed by atoms with van der Waals surface area (Å²) in [6.45, 7) is 0. The molecule has 2 nitrogen and oxygen atoms in total. The van der Waals surface area contributed by atoms with Crippen LogP contribution in [0.25, 0.3) is 0 Å². The number of fused-ring (bicyclic) bond motifs is 2. The molecule has 0 saturated heterocycles. The molecule has 0 spiro atoms. The van der Waals surface area contributed by atoms with Crippen molar-refractivity contribution in [2.75, 3.05) is 0 Å². The van der Waals surface area contributed by atoms with E-state index >= 15 is 0 Å². The number of benzene rings is 3. The predicted octanol–water partition coefficient (Wildman–Crippen LogP) is 4.52. The molecule has 0 amide bonds. The van der Waals surface area contributed by atoms with E-state index in [1.54, 1.807) is 36.4 Å². The minimum absolute atomic E-state index is 0.176. The quantitative estimate of drug-likeness (QED) is 0.440. The summed E-state index contributed by atoms with van der Waals surface area (Å²) < 4.78 is 0. The van der Waals surface area contributed by atoms with Crippen LogP contribution in [0.3, 0.4) is 0 Å². The van der Waals surface area contributed by atoms with Crippen molar-refractivity contribution in [2.45, 2.75) is 0 Å². The van der Waals surface area contributed by atoms with Crippen molar-refractivity contribution in [3.63, 3.8) is 0 Å². The average molecular weight is 343 g/mol. The monoisotopic (exact) mass is 342 g/mol. The second-order valence-electron chi connectivity index (χ2n) is 5.66. The zero-order chi connectivity index (χ0) is 17.4. The Morgan fingerprint density at radius 3 is 2.00 bits per heavy atom. The Bertz CT molecular complexity index is 1090. The average Bonchev–Trinajstić information content (AvgIpc) is 2.66. The van der Waals surface area contributed by atoms with Crippen LogP contribution in [-0.4, -0.2) is 11.6 Å². The van der Waals surface area contributed by atoms with Gasteiger partial charge in [0, 0.05) is 22.3 Å². The van der Waals surface area contributed by atoms with Crippen LogP contribution >= 0.6 is 11.6 Å². The largest absolute Gasteiger partial charge is 0.289 e. The molecule has 1 aliphatic rings. The molecule has 3 aromatic carbocycles. The maximum Gasteiger partial charge on any atom is 0.195 e. The first kappa shape index (κ1) is 15.4. The van der Waals surface area contributed by atoms with Crippen molar-refractivity contribution in [1.29, 1.82) is 0 Å². The standard InChI is InChI=1S/C22H11ClO2/c23-19-13-12-18-20(17(19)11-10-14-6-2-1-3-7-14)22(25)16-9-5-4-8-15(16)21(18)24/h1-9,12-13H. The van der Waals surface area contributed by atoms with Crippen LogP contribution in [0.1, 0.15) is 43.0 Å². The van der Waals surface area contributed by atoms with Gasteiger partial charge in [-0.05, 0) is 24.3 Å². The zero-order valence-corrected chi connectivity index (χ0v) is 13.8. The first-order valence-corrected chi connectivity index (χ1v) is 8.12. The van der Waals surface area contributed by atoms with Crippen molar-refractivity contribution < 1.29 is 9.59 Å². The summed E-state index contributed by atoms with van der Waals surface area (Å²) in [4.78, 5) is 25.7. The van der Waals surface area contributed by atoms with E-state index in [-0.39, 0.29) is 11.6 Å². The van der Waals surface area contributed by atoms with E-state index in [2.05, 4.69) is 11.8 Å². The first-order valence-electron chi connectivity index (χ1n) is 7.75. The van der Waals surface area contributed by atoms with Gasteiger partial charge in [0.2, 0.25) is 0 Å². The minimum atomic E-state index is -0.218. The summed E-state index contributed by atoms with van der Waals surface area (Å²) in [5.41, 5.74) is 2.67. The van der Waals surface area contributed by atoms with Gasteiger partial charge in [-0.3, -0.25) is 9.59 Å². The molecule has 118 valence electrons. The van der Waals surface area contributed by atoms with Crippen LogP contribution in [0.2, 0.25) is 5.02 Å². The van der Waals surface area contributed by atoms with Crippen LogP contribution < -0.4 is 0 Å². The lowest BCUT2D eigenvalue weighted by molar-refractivity contribution is 0.0979. The molecular weight excluding hydrogens is 332 g/mol. The highest BCUT2D eigenvalue weighted by Gasteiger charge is 2.31. The van der Waals surface area contributed by atoms with Gasteiger partial charge in [-0.15, -0.1) is 0 Å². The smallest absolute Gasteiger partial charge is 0.195 e. The van der Waals surface area contributed by atoms with Crippen LogP contribution in [0, 0.1) is 11.8 Å². The fraction of sp³-hybridized carbons (Fsp3) is 0. The van der Waals surface area contributed by atoms with Crippen molar-refractivity contribution >= 4 is 23.2 Å². The van der Waals surface area contributed by atoms with E-state index in [1.165, 1.54) is 0 Å². The number of halogens is 1. The highest BCUT2D eigenvalue weighted by atomic mass is 35.5. The van der Waals surface area contributed by atoms with Crippen LogP contribution in [-0.2, 0) is 0 Å². The van der Waals surface area contributed by atoms with Crippen molar-refractivity contribution in [3.8, 4) is 11.8 Å². The van der Waals surface area contributed by atoms with Gasteiger partial charge in [-0.25, -0.2) is 0 Å². The Morgan fingerprint density at radius 1 is 0.640 bits per heavy atom. The third kappa shape index (κ3) is 2.55. The normalized spacial score (nSPS) is 12.0. The molecule has 0 bridgehead atoms. The van der Waals surface area contributed by atoms with Crippen molar-refractivity contribution in [1.82, 2.24) is 0 Å². The summed E-state index contributed by atoms with van der Waals surface area (Å²) in [7, 11) is 0. The molecule has 0 saturated carbocycles. The summed E-state index contributed by atoms with van der Waals surface area (Å²) >= 11 is 6.30. The molecular formula is C22H11ClO2. The number of rotatable bonds is 0. The fourth-order valence-corrected chi connectivity index (χ4v) is 3.14. The van der Waals surface area contributed by atoms with Gasteiger partial charge in [0.25, 0.3) is 0 Å². The Labute approximate surface area is 150 Å². The van der Waals surface area contributed by atoms with Gasteiger partial charge in [0.15, 0.2) is 11.6 Å². The molecule has 3 aromatic rings. The van der Waals surface area contributed by atoms with Gasteiger partial charge < -0.3 is 0 Å².